The molecule has 1 atom stereocenters. The Morgan fingerprint density at radius 1 is 1.04 bits per heavy atom. The fourth-order valence-electron chi connectivity index (χ4n) is 2.93. The molecular formula is C18H15F3N2O. The van der Waals surface area contributed by atoms with Crippen LogP contribution in [-0.4, -0.2) is 17.6 Å². The minimum Gasteiger partial charge on any atom is -0.284 e. The highest BCUT2D eigenvalue weighted by molar-refractivity contribution is 5.50. The molecular weight excluding hydrogens is 317 g/mol. The molecule has 0 spiro atoms. The van der Waals surface area contributed by atoms with Crippen LogP contribution in [0.25, 0.3) is 0 Å². The van der Waals surface area contributed by atoms with E-state index in [1.807, 2.05) is 30.3 Å². The lowest BCUT2D eigenvalue weighted by Gasteiger charge is -2.25. The zero-order chi connectivity index (χ0) is 17.2. The second kappa shape index (κ2) is 6.57. The van der Waals surface area contributed by atoms with Crippen LogP contribution in [0.2, 0.25) is 0 Å². The summed E-state index contributed by atoms with van der Waals surface area (Å²) in [5.41, 5.74) is 0.975. The molecule has 0 fully saturated rings. The zero-order valence-corrected chi connectivity index (χ0v) is 12.7. The van der Waals surface area contributed by atoms with E-state index in [1.165, 1.54) is 12.1 Å². The smallest absolute Gasteiger partial charge is 0.284 e. The van der Waals surface area contributed by atoms with E-state index in [9.17, 15) is 18.1 Å². The van der Waals surface area contributed by atoms with Gasteiger partial charge >= 0.3 is 6.18 Å². The van der Waals surface area contributed by atoms with Crippen molar-refractivity contribution < 1.29 is 13.2 Å². The van der Waals surface area contributed by atoms with Gasteiger partial charge in [-0.3, -0.25) is 4.90 Å². The van der Waals surface area contributed by atoms with Gasteiger partial charge in [0.15, 0.2) is 0 Å². The molecule has 2 aromatic carbocycles. The van der Waals surface area contributed by atoms with Gasteiger partial charge in [-0.05, 0) is 16.8 Å². The van der Waals surface area contributed by atoms with Gasteiger partial charge in [0.05, 0.1) is 6.04 Å². The number of rotatable bonds is 4. The maximum Gasteiger partial charge on any atom is 0.413 e. The first kappa shape index (κ1) is 16.4. The van der Waals surface area contributed by atoms with Crippen molar-refractivity contribution in [1.82, 2.24) is 4.90 Å². The molecule has 6 heteroatoms. The summed E-state index contributed by atoms with van der Waals surface area (Å²) in [6.45, 7) is 0.144. The number of hydrogen-bond acceptors (Lipinski definition) is 3. The fraction of sp³-hybridized carbons (Fsp3) is 0.222. The summed E-state index contributed by atoms with van der Waals surface area (Å²) in [6.07, 6.45) is -3.19. The predicted molar refractivity (Wildman–Crippen MR) is 85.6 cm³/mol. The second-order valence-corrected chi connectivity index (χ2v) is 5.68. The highest BCUT2D eigenvalue weighted by Gasteiger charge is 2.41. The second-order valence-electron chi connectivity index (χ2n) is 5.68. The third-order valence-electron chi connectivity index (χ3n) is 4.07. The standard InChI is InChI=1S/C18H15F3N2O/c19-18(20,21)14-10-17(15-8-4-5-9-16(15)22-24)23(12-14)11-13-6-2-1-3-7-13/h1-10,17H,11-12H2. The van der Waals surface area contributed by atoms with Gasteiger partial charge in [-0.1, -0.05) is 54.6 Å². The normalized spacial score (nSPS) is 18.5. The van der Waals surface area contributed by atoms with Crippen molar-refractivity contribution >= 4 is 5.69 Å². The van der Waals surface area contributed by atoms with Crippen molar-refractivity contribution in [1.29, 1.82) is 0 Å². The van der Waals surface area contributed by atoms with Crippen LogP contribution >= 0.6 is 0 Å². The lowest BCUT2D eigenvalue weighted by Crippen LogP contribution is -2.26. The lowest BCUT2D eigenvalue weighted by atomic mass is 10.0. The van der Waals surface area contributed by atoms with Crippen molar-refractivity contribution in [2.75, 3.05) is 6.54 Å². The van der Waals surface area contributed by atoms with E-state index in [4.69, 9.17) is 0 Å². The molecule has 1 aliphatic heterocycles. The molecule has 0 saturated heterocycles. The molecule has 1 heterocycles. The van der Waals surface area contributed by atoms with Crippen molar-refractivity contribution in [2.45, 2.75) is 18.8 Å². The van der Waals surface area contributed by atoms with Crippen LogP contribution in [0.3, 0.4) is 0 Å². The number of alkyl halides is 3. The Labute approximate surface area is 137 Å². The van der Waals surface area contributed by atoms with Crippen LogP contribution in [0.4, 0.5) is 18.9 Å². The molecule has 124 valence electrons. The first-order chi connectivity index (χ1) is 11.5. The quantitative estimate of drug-likeness (QED) is 0.574. The highest BCUT2D eigenvalue weighted by atomic mass is 19.4. The minimum absolute atomic E-state index is 0.167. The molecule has 0 aromatic heterocycles. The van der Waals surface area contributed by atoms with E-state index >= 15 is 0 Å². The van der Waals surface area contributed by atoms with E-state index < -0.39 is 17.8 Å². The first-order valence-corrected chi connectivity index (χ1v) is 7.47. The number of nitrogens with zero attached hydrogens (tertiary/aromatic N) is 2. The van der Waals surface area contributed by atoms with E-state index in [0.717, 1.165) is 5.56 Å². The Hall–Kier alpha value is -2.47. The maximum atomic E-state index is 13.2. The number of benzene rings is 2. The van der Waals surface area contributed by atoms with Crippen molar-refractivity contribution in [2.24, 2.45) is 5.18 Å². The molecule has 0 amide bonds. The molecule has 0 N–H and O–H groups in total. The topological polar surface area (TPSA) is 32.7 Å². The monoisotopic (exact) mass is 332 g/mol. The van der Waals surface area contributed by atoms with Crippen molar-refractivity contribution in [3.05, 3.63) is 82.3 Å². The van der Waals surface area contributed by atoms with Crippen LogP contribution in [0.15, 0.2) is 71.4 Å². The van der Waals surface area contributed by atoms with Crippen molar-refractivity contribution in [3.63, 3.8) is 0 Å². The van der Waals surface area contributed by atoms with E-state index in [-0.39, 0.29) is 12.2 Å². The molecule has 0 bridgehead atoms. The van der Waals surface area contributed by atoms with Gasteiger partial charge in [-0.15, -0.1) is 4.91 Å². The number of halogens is 3. The van der Waals surface area contributed by atoms with E-state index in [2.05, 4.69) is 5.18 Å². The van der Waals surface area contributed by atoms with Crippen molar-refractivity contribution in [3.8, 4) is 0 Å². The molecule has 1 unspecified atom stereocenters. The van der Waals surface area contributed by atoms with E-state index in [0.29, 0.717) is 12.1 Å². The first-order valence-electron chi connectivity index (χ1n) is 7.47. The van der Waals surface area contributed by atoms with Crippen LogP contribution in [0.1, 0.15) is 17.2 Å². The molecule has 3 nitrogen and oxygen atoms in total. The molecule has 2 aromatic rings. The Morgan fingerprint density at radius 3 is 2.38 bits per heavy atom. The Morgan fingerprint density at radius 2 is 1.71 bits per heavy atom. The van der Waals surface area contributed by atoms with E-state index in [1.54, 1.807) is 23.1 Å². The summed E-state index contributed by atoms with van der Waals surface area (Å²) in [6, 6.07) is 15.2. The Bertz CT molecular complexity index is 756. The van der Waals surface area contributed by atoms with Gasteiger partial charge in [-0.2, -0.15) is 13.2 Å². The maximum absolute atomic E-state index is 13.2. The average Bonchev–Trinajstić information content (AvgIpc) is 2.99. The largest absolute Gasteiger partial charge is 0.413 e. The minimum atomic E-state index is -4.38. The van der Waals surface area contributed by atoms with Crippen LogP contribution in [0, 0.1) is 4.91 Å². The molecule has 1 aliphatic rings. The Balaban J connectivity index is 1.97. The summed E-state index contributed by atoms with van der Waals surface area (Å²) < 4.78 is 39.5. The summed E-state index contributed by atoms with van der Waals surface area (Å²) in [4.78, 5) is 12.7. The summed E-state index contributed by atoms with van der Waals surface area (Å²) in [5.74, 6) is 0. The van der Waals surface area contributed by atoms with Gasteiger partial charge < -0.3 is 0 Å². The summed E-state index contributed by atoms with van der Waals surface area (Å²) >= 11 is 0. The van der Waals surface area contributed by atoms with Crippen LogP contribution < -0.4 is 0 Å². The van der Waals surface area contributed by atoms with Gasteiger partial charge in [0.1, 0.15) is 5.69 Å². The van der Waals surface area contributed by atoms with Crippen LogP contribution in [0.5, 0.6) is 0 Å². The Kier molecular flexibility index (Phi) is 4.49. The predicted octanol–water partition coefficient (Wildman–Crippen LogP) is 5.13. The van der Waals surface area contributed by atoms with Gasteiger partial charge in [0.25, 0.3) is 0 Å². The fourth-order valence-corrected chi connectivity index (χ4v) is 2.93. The van der Waals surface area contributed by atoms with Gasteiger partial charge in [0, 0.05) is 24.2 Å². The average molecular weight is 332 g/mol. The third-order valence-corrected chi connectivity index (χ3v) is 4.07. The lowest BCUT2D eigenvalue weighted by molar-refractivity contribution is -0.0937. The molecule has 24 heavy (non-hydrogen) atoms. The molecule has 0 aliphatic carbocycles. The molecule has 0 saturated carbocycles. The number of nitroso groups, excluding NO2 is 1. The van der Waals surface area contributed by atoms with Crippen LogP contribution in [-0.2, 0) is 6.54 Å². The van der Waals surface area contributed by atoms with Gasteiger partial charge in [0.2, 0.25) is 0 Å². The SMILES string of the molecule is O=Nc1ccccc1C1C=C(C(F)(F)F)CN1Cc1ccccc1. The van der Waals surface area contributed by atoms with Gasteiger partial charge in [-0.25, -0.2) is 0 Å². The molecule has 0 radical (unpaired) electrons. The zero-order valence-electron chi connectivity index (χ0n) is 12.7. The third kappa shape index (κ3) is 3.38. The molecule has 3 rings (SSSR count). The highest BCUT2D eigenvalue weighted by Crippen LogP contribution is 2.41. The summed E-state index contributed by atoms with van der Waals surface area (Å²) in [5, 5.41) is 2.96. The number of hydrogen-bond donors (Lipinski definition) is 0. The summed E-state index contributed by atoms with van der Waals surface area (Å²) in [7, 11) is 0.